The molecule has 0 amide bonds. The zero-order chi connectivity index (χ0) is 19.6. The van der Waals surface area contributed by atoms with E-state index in [0.29, 0.717) is 27.9 Å². The van der Waals surface area contributed by atoms with Crippen LogP contribution in [0.25, 0.3) is 22.7 Å². The van der Waals surface area contributed by atoms with E-state index in [9.17, 15) is 5.26 Å². The van der Waals surface area contributed by atoms with Crippen LogP contribution in [0.5, 0.6) is 11.5 Å². The molecule has 0 saturated heterocycles. The summed E-state index contributed by atoms with van der Waals surface area (Å²) >= 11 is 6.37. The predicted molar refractivity (Wildman–Crippen MR) is 108 cm³/mol. The molecule has 5 nitrogen and oxygen atoms in total. The lowest BCUT2D eigenvalue weighted by molar-refractivity contribution is 0.230. The van der Waals surface area contributed by atoms with Gasteiger partial charge in [-0.3, -0.25) is 0 Å². The van der Waals surface area contributed by atoms with E-state index < -0.39 is 0 Å². The number of fused-ring (bicyclic) bond motifs is 1. The number of nitriles is 1. The van der Waals surface area contributed by atoms with Crippen LogP contribution in [0, 0.1) is 18.3 Å². The molecule has 0 unspecified atom stereocenters. The molecule has 138 valence electrons. The Balaban J connectivity index is 2.04. The molecule has 0 bridgehead atoms. The number of nitrogens with one attached hydrogen (secondary N) is 1. The molecule has 2 aromatic carbocycles. The van der Waals surface area contributed by atoms with Crippen molar-refractivity contribution in [1.29, 1.82) is 5.26 Å². The maximum atomic E-state index is 9.62. The van der Waals surface area contributed by atoms with E-state index in [2.05, 4.69) is 16.0 Å². The van der Waals surface area contributed by atoms with Crippen molar-refractivity contribution >= 4 is 34.3 Å². The molecule has 3 rings (SSSR count). The lowest BCUT2D eigenvalue weighted by atomic mass is 10.1. The Hall–Kier alpha value is -2.97. The number of imidazole rings is 1. The first-order valence-electron chi connectivity index (χ1n) is 8.54. The highest BCUT2D eigenvalue weighted by Crippen LogP contribution is 2.38. The van der Waals surface area contributed by atoms with Crippen LogP contribution in [0.3, 0.4) is 0 Å². The van der Waals surface area contributed by atoms with Gasteiger partial charge in [-0.25, -0.2) is 4.98 Å². The quantitative estimate of drug-likeness (QED) is 0.602. The molecule has 0 aliphatic rings. The summed E-state index contributed by atoms with van der Waals surface area (Å²) in [6.45, 7) is 5.84. The summed E-state index contributed by atoms with van der Waals surface area (Å²) in [5, 5.41) is 10.0. The van der Waals surface area contributed by atoms with Gasteiger partial charge in [-0.15, -0.1) is 0 Å². The molecule has 1 N–H and O–H groups in total. The normalized spacial score (nSPS) is 11.7. The number of hydrogen-bond acceptors (Lipinski definition) is 4. The van der Waals surface area contributed by atoms with E-state index in [4.69, 9.17) is 21.1 Å². The minimum atomic E-state index is -0.0357. The van der Waals surface area contributed by atoms with Gasteiger partial charge in [0.05, 0.1) is 34.8 Å². The average molecular weight is 382 g/mol. The first kappa shape index (κ1) is 18.8. The van der Waals surface area contributed by atoms with Crippen molar-refractivity contribution in [1.82, 2.24) is 9.97 Å². The van der Waals surface area contributed by atoms with Crippen molar-refractivity contribution in [2.45, 2.75) is 26.9 Å². The van der Waals surface area contributed by atoms with Crippen LogP contribution in [-0.2, 0) is 0 Å². The summed E-state index contributed by atoms with van der Waals surface area (Å²) in [5.74, 6) is 1.51. The van der Waals surface area contributed by atoms with Crippen LogP contribution in [-0.4, -0.2) is 23.2 Å². The Morgan fingerprint density at radius 1 is 1.30 bits per heavy atom. The minimum absolute atomic E-state index is 0.0357. The van der Waals surface area contributed by atoms with Crippen LogP contribution in [0.15, 0.2) is 30.3 Å². The van der Waals surface area contributed by atoms with Gasteiger partial charge in [0.15, 0.2) is 11.5 Å². The van der Waals surface area contributed by atoms with Crippen LogP contribution in [0.1, 0.15) is 30.8 Å². The summed E-state index contributed by atoms with van der Waals surface area (Å²) in [4.78, 5) is 7.71. The number of aryl methyl sites for hydroxylation is 1. The van der Waals surface area contributed by atoms with Gasteiger partial charge in [0.1, 0.15) is 11.9 Å². The lowest BCUT2D eigenvalue weighted by Gasteiger charge is -2.15. The maximum absolute atomic E-state index is 9.62. The highest BCUT2D eigenvalue weighted by molar-refractivity contribution is 6.32. The molecule has 0 spiro atoms. The van der Waals surface area contributed by atoms with E-state index >= 15 is 0 Å². The van der Waals surface area contributed by atoms with E-state index in [0.717, 1.165) is 22.2 Å². The SMILES string of the molecule is COc1cc(C=C(C#N)c2nc3ccc(C)cc3[nH]2)cc(Cl)c1OC(C)C. The second-order valence-electron chi connectivity index (χ2n) is 6.48. The first-order chi connectivity index (χ1) is 12.9. The number of aromatic nitrogens is 2. The number of nitrogens with zero attached hydrogens (tertiary/aromatic N) is 2. The zero-order valence-electron chi connectivity index (χ0n) is 15.6. The van der Waals surface area contributed by atoms with Gasteiger partial charge in [0.2, 0.25) is 0 Å². The summed E-state index contributed by atoms with van der Waals surface area (Å²) in [6, 6.07) is 11.6. The fourth-order valence-electron chi connectivity index (χ4n) is 2.74. The van der Waals surface area contributed by atoms with Crippen molar-refractivity contribution in [3.63, 3.8) is 0 Å². The van der Waals surface area contributed by atoms with Crippen LogP contribution < -0.4 is 9.47 Å². The maximum Gasteiger partial charge on any atom is 0.180 e. The first-order valence-corrected chi connectivity index (χ1v) is 8.91. The van der Waals surface area contributed by atoms with E-state index in [1.54, 1.807) is 25.3 Å². The number of ether oxygens (including phenoxy) is 2. The van der Waals surface area contributed by atoms with Crippen molar-refractivity contribution in [2.24, 2.45) is 0 Å². The number of benzene rings is 2. The summed E-state index contributed by atoms with van der Waals surface area (Å²) < 4.78 is 11.1. The van der Waals surface area contributed by atoms with Gasteiger partial charge in [-0.1, -0.05) is 17.7 Å². The highest BCUT2D eigenvalue weighted by Gasteiger charge is 2.14. The monoisotopic (exact) mass is 381 g/mol. The number of aromatic amines is 1. The van der Waals surface area contributed by atoms with Gasteiger partial charge in [0, 0.05) is 0 Å². The lowest BCUT2D eigenvalue weighted by Crippen LogP contribution is -2.07. The molecule has 0 atom stereocenters. The second-order valence-corrected chi connectivity index (χ2v) is 6.88. The Morgan fingerprint density at radius 2 is 2.07 bits per heavy atom. The van der Waals surface area contributed by atoms with Crippen LogP contribution >= 0.6 is 11.6 Å². The Bertz CT molecular complexity index is 1060. The topological polar surface area (TPSA) is 70.9 Å². The van der Waals surface area contributed by atoms with Crippen molar-refractivity contribution in [3.8, 4) is 17.6 Å². The number of allylic oxidation sites excluding steroid dienone is 1. The Morgan fingerprint density at radius 3 is 2.74 bits per heavy atom. The molecule has 0 fully saturated rings. The van der Waals surface area contributed by atoms with Gasteiger partial charge in [0.25, 0.3) is 0 Å². The molecule has 0 saturated carbocycles. The molecule has 6 heteroatoms. The summed E-state index contributed by atoms with van der Waals surface area (Å²) in [7, 11) is 1.55. The van der Waals surface area contributed by atoms with Gasteiger partial charge in [-0.05, 0) is 62.2 Å². The highest BCUT2D eigenvalue weighted by atomic mass is 35.5. The third kappa shape index (κ3) is 4.07. The van der Waals surface area contributed by atoms with E-state index in [1.807, 2.05) is 39.0 Å². The molecule has 3 aromatic rings. The van der Waals surface area contributed by atoms with Crippen molar-refractivity contribution < 1.29 is 9.47 Å². The molecule has 1 aromatic heterocycles. The second kappa shape index (κ2) is 7.73. The standard InChI is InChI=1S/C21H20ClN3O2/c1-12(2)27-20-16(22)9-14(10-19(20)26-4)8-15(11-23)21-24-17-6-5-13(3)7-18(17)25-21/h5-10,12H,1-4H3,(H,24,25). The van der Waals surface area contributed by atoms with Gasteiger partial charge in [-0.2, -0.15) is 5.26 Å². The third-order valence-corrected chi connectivity index (χ3v) is 4.21. The molecular formula is C21H20ClN3O2. The zero-order valence-corrected chi connectivity index (χ0v) is 16.4. The number of H-pyrrole nitrogens is 1. The molecule has 0 aliphatic carbocycles. The Kier molecular flexibility index (Phi) is 5.38. The number of hydrogen-bond donors (Lipinski definition) is 1. The number of methoxy groups -OCH3 is 1. The number of halogens is 1. The molecule has 1 heterocycles. The van der Waals surface area contributed by atoms with Gasteiger partial charge < -0.3 is 14.5 Å². The van der Waals surface area contributed by atoms with Crippen molar-refractivity contribution in [2.75, 3.05) is 7.11 Å². The molecule has 0 aliphatic heterocycles. The largest absolute Gasteiger partial charge is 0.493 e. The fourth-order valence-corrected chi connectivity index (χ4v) is 3.01. The van der Waals surface area contributed by atoms with Gasteiger partial charge >= 0.3 is 0 Å². The average Bonchev–Trinajstić information content (AvgIpc) is 3.04. The summed E-state index contributed by atoms with van der Waals surface area (Å²) in [5.41, 5.74) is 3.95. The number of rotatable bonds is 5. The minimum Gasteiger partial charge on any atom is -0.493 e. The molecular weight excluding hydrogens is 362 g/mol. The Labute approximate surface area is 163 Å². The molecule has 0 radical (unpaired) electrons. The van der Waals surface area contributed by atoms with E-state index in [-0.39, 0.29) is 6.10 Å². The third-order valence-electron chi connectivity index (χ3n) is 3.93. The smallest absolute Gasteiger partial charge is 0.180 e. The van der Waals surface area contributed by atoms with Crippen molar-refractivity contribution in [3.05, 3.63) is 52.3 Å². The van der Waals surface area contributed by atoms with E-state index in [1.165, 1.54) is 0 Å². The van der Waals surface area contributed by atoms with Crippen LogP contribution in [0.2, 0.25) is 5.02 Å². The van der Waals surface area contributed by atoms with Crippen LogP contribution in [0.4, 0.5) is 0 Å². The fraction of sp³-hybridized carbons (Fsp3) is 0.238. The molecule has 27 heavy (non-hydrogen) atoms. The summed E-state index contributed by atoms with van der Waals surface area (Å²) in [6.07, 6.45) is 1.68. The predicted octanol–water partition coefficient (Wildman–Crippen LogP) is 5.38.